The maximum Gasteiger partial charge on any atom is 0.137 e. The average molecular weight is 354 g/mol. The number of aliphatic hydroxyl groups excluding tert-OH is 1. The molecule has 0 spiro atoms. The van der Waals surface area contributed by atoms with Crippen molar-refractivity contribution in [1.29, 1.82) is 0 Å². The first kappa shape index (κ1) is 15.8. The van der Waals surface area contributed by atoms with Crippen LogP contribution in [-0.2, 0) is 0 Å². The van der Waals surface area contributed by atoms with Crippen LogP contribution in [0.15, 0.2) is 46.9 Å². The fourth-order valence-electron chi connectivity index (χ4n) is 1.81. The van der Waals surface area contributed by atoms with Gasteiger partial charge in [-0.2, -0.15) is 0 Å². The first-order valence-electron chi connectivity index (χ1n) is 6.61. The zero-order valence-corrected chi connectivity index (χ0v) is 13.2. The van der Waals surface area contributed by atoms with E-state index < -0.39 is 6.10 Å². The van der Waals surface area contributed by atoms with E-state index in [-0.39, 0.29) is 12.4 Å². The van der Waals surface area contributed by atoms with Crippen LogP contribution in [0, 0.1) is 12.7 Å². The smallest absolute Gasteiger partial charge is 0.137 e. The molecule has 0 aromatic heterocycles. The van der Waals surface area contributed by atoms with E-state index in [9.17, 15) is 9.50 Å². The molecule has 1 unspecified atom stereocenters. The monoisotopic (exact) mass is 353 g/mol. The van der Waals surface area contributed by atoms with Crippen LogP contribution in [0.1, 0.15) is 5.56 Å². The number of ether oxygens (including phenoxy) is 1. The van der Waals surface area contributed by atoms with Gasteiger partial charge in [-0.05, 0) is 52.7 Å². The molecule has 0 amide bonds. The van der Waals surface area contributed by atoms with Crippen LogP contribution in [0.5, 0.6) is 5.75 Å². The molecule has 0 bridgehead atoms. The minimum Gasteiger partial charge on any atom is -0.491 e. The van der Waals surface area contributed by atoms with E-state index in [0.717, 1.165) is 17.0 Å². The quantitative estimate of drug-likeness (QED) is 0.830. The van der Waals surface area contributed by atoms with Gasteiger partial charge in [-0.15, -0.1) is 0 Å². The van der Waals surface area contributed by atoms with Gasteiger partial charge in [0.2, 0.25) is 0 Å². The number of aryl methyl sites for hydroxylation is 1. The number of aliphatic hydroxyl groups is 1. The molecule has 0 aliphatic carbocycles. The molecule has 0 saturated heterocycles. The highest BCUT2D eigenvalue weighted by atomic mass is 79.9. The van der Waals surface area contributed by atoms with E-state index in [0.29, 0.717) is 11.0 Å². The summed E-state index contributed by atoms with van der Waals surface area (Å²) in [4.78, 5) is 0. The van der Waals surface area contributed by atoms with E-state index in [1.54, 1.807) is 12.1 Å². The third kappa shape index (κ3) is 4.72. The van der Waals surface area contributed by atoms with E-state index in [4.69, 9.17) is 4.74 Å². The van der Waals surface area contributed by atoms with Crippen molar-refractivity contribution in [3.05, 3.63) is 58.3 Å². The highest BCUT2D eigenvalue weighted by Crippen LogP contribution is 2.20. The molecular formula is C16H17BrFNO2. The average Bonchev–Trinajstić information content (AvgIpc) is 2.47. The predicted octanol–water partition coefficient (Wildman–Crippen LogP) is 3.75. The second-order valence-electron chi connectivity index (χ2n) is 4.74. The number of nitrogens with one attached hydrogen (secondary N) is 1. The molecule has 0 heterocycles. The zero-order valence-electron chi connectivity index (χ0n) is 11.6. The van der Waals surface area contributed by atoms with E-state index in [1.807, 2.05) is 31.2 Å². The molecule has 0 fully saturated rings. The Morgan fingerprint density at radius 3 is 2.76 bits per heavy atom. The topological polar surface area (TPSA) is 41.5 Å². The lowest BCUT2D eigenvalue weighted by molar-refractivity contribution is 0.117. The molecular weight excluding hydrogens is 337 g/mol. The fourth-order valence-corrected chi connectivity index (χ4v) is 2.18. The van der Waals surface area contributed by atoms with Crippen LogP contribution in [0.25, 0.3) is 0 Å². The zero-order chi connectivity index (χ0) is 15.2. The largest absolute Gasteiger partial charge is 0.491 e. The van der Waals surface area contributed by atoms with Crippen LogP contribution in [0.3, 0.4) is 0 Å². The fraction of sp³-hybridized carbons (Fsp3) is 0.250. The summed E-state index contributed by atoms with van der Waals surface area (Å²) in [6, 6.07) is 12.3. The van der Waals surface area contributed by atoms with Crippen LogP contribution < -0.4 is 10.1 Å². The molecule has 1 atom stereocenters. The number of hydrogen-bond donors (Lipinski definition) is 2. The van der Waals surface area contributed by atoms with Crippen LogP contribution in [0.2, 0.25) is 0 Å². The molecule has 2 N–H and O–H groups in total. The summed E-state index contributed by atoms with van der Waals surface area (Å²) in [5.74, 6) is 0.449. The van der Waals surface area contributed by atoms with Gasteiger partial charge in [-0.3, -0.25) is 0 Å². The lowest BCUT2D eigenvalue weighted by Crippen LogP contribution is -2.26. The van der Waals surface area contributed by atoms with Gasteiger partial charge in [0.05, 0.1) is 4.47 Å². The second-order valence-corrected chi connectivity index (χ2v) is 5.59. The normalized spacial score (nSPS) is 12.0. The molecule has 3 nitrogen and oxygen atoms in total. The maximum atomic E-state index is 13.1. The first-order valence-corrected chi connectivity index (χ1v) is 7.41. The van der Waals surface area contributed by atoms with Crippen LogP contribution in [0.4, 0.5) is 10.1 Å². The Kier molecular flexibility index (Phi) is 5.59. The molecule has 0 radical (unpaired) electrons. The molecule has 5 heteroatoms. The summed E-state index contributed by atoms with van der Waals surface area (Å²) in [5, 5.41) is 12.9. The summed E-state index contributed by atoms with van der Waals surface area (Å²) >= 11 is 3.12. The van der Waals surface area contributed by atoms with Crippen LogP contribution in [-0.4, -0.2) is 24.4 Å². The summed E-state index contributed by atoms with van der Waals surface area (Å²) in [6.07, 6.45) is -0.659. The van der Waals surface area contributed by atoms with Gasteiger partial charge in [0.15, 0.2) is 0 Å². The van der Waals surface area contributed by atoms with Gasteiger partial charge in [0, 0.05) is 12.2 Å². The molecule has 2 aromatic rings. The molecule has 0 aliphatic heterocycles. The van der Waals surface area contributed by atoms with E-state index in [2.05, 4.69) is 21.2 Å². The lowest BCUT2D eigenvalue weighted by atomic mass is 10.2. The van der Waals surface area contributed by atoms with Crippen molar-refractivity contribution in [3.63, 3.8) is 0 Å². The molecule has 21 heavy (non-hydrogen) atoms. The molecule has 0 saturated carbocycles. The standard InChI is InChI=1S/C16H17BrFNO2/c1-11-4-2-3-5-16(11)21-10-13(20)9-19-12-6-7-15(18)14(17)8-12/h2-8,13,19-20H,9-10H2,1H3. The third-order valence-electron chi connectivity index (χ3n) is 2.99. The highest BCUT2D eigenvalue weighted by Gasteiger charge is 2.07. The van der Waals surface area contributed by atoms with Crippen molar-refractivity contribution in [1.82, 2.24) is 0 Å². The second kappa shape index (κ2) is 7.43. The molecule has 0 aliphatic rings. The number of hydrogen-bond acceptors (Lipinski definition) is 3. The Labute approximate surface area is 131 Å². The van der Waals surface area contributed by atoms with Crippen molar-refractivity contribution in [3.8, 4) is 5.75 Å². The van der Waals surface area contributed by atoms with Crippen molar-refractivity contribution in [2.24, 2.45) is 0 Å². The Balaban J connectivity index is 1.81. The molecule has 2 rings (SSSR count). The third-order valence-corrected chi connectivity index (χ3v) is 3.59. The lowest BCUT2D eigenvalue weighted by Gasteiger charge is -2.15. The summed E-state index contributed by atoms with van der Waals surface area (Å²) < 4.78 is 19.1. The molecule has 112 valence electrons. The van der Waals surface area contributed by atoms with Gasteiger partial charge in [-0.25, -0.2) is 4.39 Å². The number of anilines is 1. The Hall–Kier alpha value is -1.59. The summed E-state index contributed by atoms with van der Waals surface area (Å²) in [6.45, 7) is 2.47. The van der Waals surface area contributed by atoms with Gasteiger partial charge < -0.3 is 15.2 Å². The molecule has 2 aromatic carbocycles. The Bertz CT molecular complexity index is 607. The number of rotatable bonds is 6. The Morgan fingerprint density at radius 1 is 1.29 bits per heavy atom. The minimum absolute atomic E-state index is 0.195. The van der Waals surface area contributed by atoms with Crippen molar-refractivity contribution in [2.45, 2.75) is 13.0 Å². The van der Waals surface area contributed by atoms with Crippen LogP contribution >= 0.6 is 15.9 Å². The van der Waals surface area contributed by atoms with Gasteiger partial charge in [-0.1, -0.05) is 18.2 Å². The summed E-state index contributed by atoms with van der Waals surface area (Å²) in [7, 11) is 0. The number of benzene rings is 2. The number of halogens is 2. The van der Waals surface area contributed by atoms with Crippen molar-refractivity contribution in [2.75, 3.05) is 18.5 Å². The SMILES string of the molecule is Cc1ccccc1OCC(O)CNc1ccc(F)c(Br)c1. The highest BCUT2D eigenvalue weighted by molar-refractivity contribution is 9.10. The predicted molar refractivity (Wildman–Crippen MR) is 85.3 cm³/mol. The van der Waals surface area contributed by atoms with Gasteiger partial charge in [0.1, 0.15) is 24.3 Å². The Morgan fingerprint density at radius 2 is 2.05 bits per heavy atom. The first-order chi connectivity index (χ1) is 10.1. The van der Waals surface area contributed by atoms with Crippen molar-refractivity contribution < 1.29 is 14.2 Å². The van der Waals surface area contributed by atoms with E-state index in [1.165, 1.54) is 6.07 Å². The van der Waals surface area contributed by atoms with Gasteiger partial charge in [0.25, 0.3) is 0 Å². The summed E-state index contributed by atoms with van der Waals surface area (Å²) in [5.41, 5.74) is 1.76. The van der Waals surface area contributed by atoms with Crippen molar-refractivity contribution >= 4 is 21.6 Å². The number of para-hydroxylation sites is 1. The van der Waals surface area contributed by atoms with Gasteiger partial charge >= 0.3 is 0 Å². The maximum absolute atomic E-state index is 13.1. The minimum atomic E-state index is -0.659. The van der Waals surface area contributed by atoms with E-state index >= 15 is 0 Å².